The molecule has 90 valence electrons. The van der Waals surface area contributed by atoms with Crippen molar-refractivity contribution in [3.63, 3.8) is 0 Å². The number of halogens is 1. The van der Waals surface area contributed by atoms with Crippen LogP contribution in [0.3, 0.4) is 0 Å². The Morgan fingerprint density at radius 3 is 2.88 bits per heavy atom. The van der Waals surface area contributed by atoms with Gasteiger partial charge in [0.1, 0.15) is 5.67 Å². The number of nitrogens with zero attached hydrogens (tertiary/aromatic N) is 1. The monoisotopic (exact) mass is 232 g/mol. The fourth-order valence-corrected chi connectivity index (χ4v) is 2.26. The zero-order valence-corrected chi connectivity index (χ0v) is 9.99. The van der Waals surface area contributed by atoms with Gasteiger partial charge in [-0.2, -0.15) is 0 Å². The Bertz CT molecular complexity index is 507. The molecule has 1 atom stereocenters. The highest BCUT2D eigenvalue weighted by Crippen LogP contribution is 2.34. The van der Waals surface area contributed by atoms with Crippen molar-refractivity contribution in [3.8, 4) is 0 Å². The van der Waals surface area contributed by atoms with Crippen molar-refractivity contribution in [2.45, 2.75) is 25.4 Å². The molecule has 0 aliphatic heterocycles. The molecule has 0 aliphatic carbocycles. The summed E-state index contributed by atoms with van der Waals surface area (Å²) in [5.41, 5.74) is 4.87. The maximum Gasteiger partial charge on any atom is 0.148 e. The van der Waals surface area contributed by atoms with Gasteiger partial charge in [-0.1, -0.05) is 31.5 Å². The topological polar surface area (TPSA) is 38.9 Å². The summed E-state index contributed by atoms with van der Waals surface area (Å²) in [5, 5.41) is 1.86. The molecule has 1 heterocycles. The Kier molecular flexibility index (Phi) is 3.38. The van der Waals surface area contributed by atoms with Gasteiger partial charge in [-0.25, -0.2) is 4.39 Å². The Labute approximate surface area is 101 Å². The second-order valence-electron chi connectivity index (χ2n) is 4.32. The Morgan fingerprint density at radius 2 is 2.18 bits per heavy atom. The third kappa shape index (κ3) is 2.15. The van der Waals surface area contributed by atoms with E-state index < -0.39 is 5.67 Å². The van der Waals surface area contributed by atoms with Crippen LogP contribution >= 0.6 is 0 Å². The van der Waals surface area contributed by atoms with Crippen LogP contribution in [-0.2, 0) is 5.67 Å². The summed E-state index contributed by atoms with van der Waals surface area (Å²) in [6.45, 7) is 1.99. The first kappa shape index (κ1) is 12.0. The molecular formula is C14H17FN2. The van der Waals surface area contributed by atoms with Crippen LogP contribution in [0.2, 0.25) is 0 Å². The lowest BCUT2D eigenvalue weighted by Crippen LogP contribution is -2.30. The first-order valence-electron chi connectivity index (χ1n) is 5.93. The van der Waals surface area contributed by atoms with Crippen LogP contribution in [0.1, 0.15) is 25.3 Å². The summed E-state index contributed by atoms with van der Waals surface area (Å²) in [4.78, 5) is 4.05. The molecule has 0 amide bonds. The van der Waals surface area contributed by atoms with E-state index in [2.05, 4.69) is 4.98 Å². The molecule has 17 heavy (non-hydrogen) atoms. The molecule has 2 nitrogen and oxygen atoms in total. The van der Waals surface area contributed by atoms with Gasteiger partial charge in [0.05, 0.1) is 0 Å². The van der Waals surface area contributed by atoms with Crippen LogP contribution in [0.15, 0.2) is 36.7 Å². The summed E-state index contributed by atoms with van der Waals surface area (Å²) < 4.78 is 14.8. The number of rotatable bonds is 4. The van der Waals surface area contributed by atoms with E-state index in [0.717, 1.165) is 17.2 Å². The number of fused-ring (bicyclic) bond motifs is 1. The Hall–Kier alpha value is -1.48. The molecular weight excluding hydrogens is 215 g/mol. The lowest BCUT2D eigenvalue weighted by molar-refractivity contribution is 0.161. The minimum absolute atomic E-state index is 0.0161. The summed E-state index contributed by atoms with van der Waals surface area (Å²) in [7, 11) is 0. The highest BCUT2D eigenvalue weighted by atomic mass is 19.1. The molecule has 0 saturated heterocycles. The van der Waals surface area contributed by atoms with E-state index in [1.165, 1.54) is 0 Å². The summed E-state index contributed by atoms with van der Waals surface area (Å²) in [5.74, 6) is 0. The van der Waals surface area contributed by atoms with Gasteiger partial charge in [-0.05, 0) is 23.4 Å². The lowest BCUT2D eigenvalue weighted by atomic mass is 9.88. The van der Waals surface area contributed by atoms with E-state index in [4.69, 9.17) is 5.73 Å². The van der Waals surface area contributed by atoms with Crippen LogP contribution in [0.4, 0.5) is 4.39 Å². The number of nitrogens with two attached hydrogens (primary N) is 1. The van der Waals surface area contributed by atoms with Crippen molar-refractivity contribution in [2.24, 2.45) is 5.73 Å². The molecule has 3 heteroatoms. The number of aromatic nitrogens is 1. The maximum absolute atomic E-state index is 14.8. The van der Waals surface area contributed by atoms with Crippen molar-refractivity contribution in [2.75, 3.05) is 6.54 Å². The molecule has 0 bridgehead atoms. The predicted molar refractivity (Wildman–Crippen MR) is 68.5 cm³/mol. The number of pyridine rings is 1. The van der Waals surface area contributed by atoms with Gasteiger partial charge in [0, 0.05) is 24.3 Å². The maximum atomic E-state index is 14.8. The third-order valence-electron chi connectivity index (χ3n) is 3.13. The molecule has 0 fully saturated rings. The average Bonchev–Trinajstić information content (AvgIpc) is 2.38. The highest BCUT2D eigenvalue weighted by molar-refractivity contribution is 5.85. The van der Waals surface area contributed by atoms with E-state index in [1.807, 2.05) is 31.2 Å². The van der Waals surface area contributed by atoms with Gasteiger partial charge >= 0.3 is 0 Å². The minimum atomic E-state index is -1.43. The summed E-state index contributed by atoms with van der Waals surface area (Å²) in [6.07, 6.45) is 4.66. The van der Waals surface area contributed by atoms with Gasteiger partial charge in [-0.15, -0.1) is 0 Å². The molecule has 0 spiro atoms. The SMILES string of the molecule is CCCC(F)(CN)c1cccc2cnccc12. The normalized spacial score (nSPS) is 14.8. The van der Waals surface area contributed by atoms with E-state index in [9.17, 15) is 4.39 Å². The average molecular weight is 232 g/mol. The fourth-order valence-electron chi connectivity index (χ4n) is 2.26. The molecule has 2 N–H and O–H groups in total. The van der Waals surface area contributed by atoms with Gasteiger partial charge in [-0.3, -0.25) is 4.98 Å². The van der Waals surface area contributed by atoms with E-state index >= 15 is 0 Å². The van der Waals surface area contributed by atoms with E-state index in [-0.39, 0.29) is 6.54 Å². The van der Waals surface area contributed by atoms with Crippen molar-refractivity contribution in [1.82, 2.24) is 4.98 Å². The van der Waals surface area contributed by atoms with Crippen LogP contribution in [0.5, 0.6) is 0 Å². The summed E-state index contributed by atoms with van der Waals surface area (Å²) in [6, 6.07) is 7.48. The third-order valence-corrected chi connectivity index (χ3v) is 3.13. The molecule has 2 rings (SSSR count). The number of hydrogen-bond donors (Lipinski definition) is 1. The molecule has 1 unspecified atom stereocenters. The molecule has 2 aromatic rings. The fraction of sp³-hybridized carbons (Fsp3) is 0.357. The number of benzene rings is 1. The smallest absolute Gasteiger partial charge is 0.148 e. The molecule has 1 aromatic carbocycles. The number of alkyl halides is 1. The summed E-state index contributed by atoms with van der Waals surface area (Å²) >= 11 is 0. The first-order chi connectivity index (χ1) is 8.21. The van der Waals surface area contributed by atoms with Crippen LogP contribution in [0.25, 0.3) is 10.8 Å². The second kappa shape index (κ2) is 4.80. The van der Waals surface area contributed by atoms with Crippen LogP contribution < -0.4 is 5.73 Å². The molecule has 1 aromatic heterocycles. The largest absolute Gasteiger partial charge is 0.327 e. The zero-order chi connectivity index (χ0) is 12.3. The van der Waals surface area contributed by atoms with Crippen LogP contribution in [0, 0.1) is 0 Å². The second-order valence-corrected chi connectivity index (χ2v) is 4.32. The Morgan fingerprint density at radius 1 is 1.35 bits per heavy atom. The van der Waals surface area contributed by atoms with Crippen molar-refractivity contribution in [3.05, 3.63) is 42.2 Å². The first-order valence-corrected chi connectivity index (χ1v) is 5.93. The standard InChI is InChI=1S/C14H17FN2/c1-2-7-14(15,10-16)13-5-3-4-11-9-17-8-6-12(11)13/h3-6,8-9H,2,7,10,16H2,1H3. The van der Waals surface area contributed by atoms with Crippen molar-refractivity contribution >= 4 is 10.8 Å². The zero-order valence-electron chi connectivity index (χ0n) is 9.99. The quantitative estimate of drug-likeness (QED) is 0.879. The van der Waals surface area contributed by atoms with E-state index in [1.54, 1.807) is 12.4 Å². The Balaban J connectivity index is 2.61. The van der Waals surface area contributed by atoms with Crippen molar-refractivity contribution < 1.29 is 4.39 Å². The minimum Gasteiger partial charge on any atom is -0.327 e. The van der Waals surface area contributed by atoms with Crippen molar-refractivity contribution in [1.29, 1.82) is 0 Å². The van der Waals surface area contributed by atoms with Gasteiger partial charge < -0.3 is 5.73 Å². The van der Waals surface area contributed by atoms with E-state index in [0.29, 0.717) is 12.0 Å². The molecule has 0 radical (unpaired) electrons. The number of hydrogen-bond acceptors (Lipinski definition) is 2. The van der Waals surface area contributed by atoms with Crippen LogP contribution in [-0.4, -0.2) is 11.5 Å². The molecule has 0 saturated carbocycles. The highest BCUT2D eigenvalue weighted by Gasteiger charge is 2.30. The van der Waals surface area contributed by atoms with Gasteiger partial charge in [0.25, 0.3) is 0 Å². The predicted octanol–water partition coefficient (Wildman–Crippen LogP) is 3.16. The lowest BCUT2D eigenvalue weighted by Gasteiger charge is -2.25. The molecule has 0 aliphatic rings. The van der Waals surface area contributed by atoms with Gasteiger partial charge in [0.15, 0.2) is 0 Å². The van der Waals surface area contributed by atoms with Gasteiger partial charge in [0.2, 0.25) is 0 Å².